The Morgan fingerprint density at radius 2 is 1.92 bits per heavy atom. The summed E-state index contributed by atoms with van der Waals surface area (Å²) in [5.74, 6) is 0.105. The number of unbranched alkanes of at least 4 members (excludes halogenated alkanes) is 1. The quantitative estimate of drug-likeness (QED) is 0.365. The average Bonchev–Trinajstić information content (AvgIpc) is 3.21. The van der Waals surface area contributed by atoms with Crippen molar-refractivity contribution in [3.63, 3.8) is 0 Å². The minimum atomic E-state index is -0.740. The normalized spacial score (nSPS) is 27.6. The largest absolute Gasteiger partial charge is 0.481 e. The summed E-state index contributed by atoms with van der Waals surface area (Å²) in [5.41, 5.74) is 0. The Morgan fingerprint density at radius 1 is 1.15 bits per heavy atom. The molecule has 2 aliphatic rings. The highest BCUT2D eigenvalue weighted by molar-refractivity contribution is 5.78. The molecule has 0 unspecified atom stereocenters. The molecular formula is C20H32N2O4. The molecule has 1 amide bonds. The molecule has 0 spiro atoms. The predicted molar refractivity (Wildman–Crippen MR) is 101 cm³/mol. The fourth-order valence-electron chi connectivity index (χ4n) is 3.90. The summed E-state index contributed by atoms with van der Waals surface area (Å²) in [7, 11) is 0. The summed E-state index contributed by atoms with van der Waals surface area (Å²) >= 11 is 0. The first-order chi connectivity index (χ1) is 12.6. The van der Waals surface area contributed by atoms with Gasteiger partial charge in [0.1, 0.15) is 0 Å². The van der Waals surface area contributed by atoms with Crippen molar-refractivity contribution >= 4 is 11.9 Å². The van der Waals surface area contributed by atoms with E-state index < -0.39 is 5.97 Å². The van der Waals surface area contributed by atoms with Gasteiger partial charge in [0.05, 0.1) is 18.8 Å². The van der Waals surface area contributed by atoms with Gasteiger partial charge in [-0.05, 0) is 44.9 Å². The number of fused-ring (bicyclic) bond motifs is 2. The maximum absolute atomic E-state index is 12.0. The summed E-state index contributed by atoms with van der Waals surface area (Å²) in [6, 6.07) is 0. The monoisotopic (exact) mass is 364 g/mol. The molecule has 4 atom stereocenters. The van der Waals surface area contributed by atoms with Crippen LogP contribution in [-0.2, 0) is 14.3 Å². The zero-order valence-electron chi connectivity index (χ0n) is 15.7. The number of carboxylic acid groups (broad SMARTS) is 1. The first-order valence-corrected chi connectivity index (χ1v) is 9.72. The van der Waals surface area contributed by atoms with Gasteiger partial charge < -0.3 is 20.5 Å². The van der Waals surface area contributed by atoms with Crippen molar-refractivity contribution in [1.82, 2.24) is 10.6 Å². The highest BCUT2D eigenvalue weighted by Gasteiger charge is 2.47. The van der Waals surface area contributed by atoms with Crippen molar-refractivity contribution < 1.29 is 19.4 Å². The third-order valence-electron chi connectivity index (χ3n) is 5.25. The van der Waals surface area contributed by atoms with Gasteiger partial charge in [0.25, 0.3) is 0 Å². The Hall–Kier alpha value is -1.66. The molecule has 2 aliphatic heterocycles. The fourth-order valence-corrected chi connectivity index (χ4v) is 3.90. The number of amides is 1. The van der Waals surface area contributed by atoms with Crippen LogP contribution in [0.5, 0.6) is 0 Å². The van der Waals surface area contributed by atoms with Gasteiger partial charge in [-0.3, -0.25) is 9.59 Å². The lowest BCUT2D eigenvalue weighted by Crippen LogP contribution is -2.41. The van der Waals surface area contributed by atoms with Crippen molar-refractivity contribution in [3.8, 4) is 0 Å². The van der Waals surface area contributed by atoms with Crippen molar-refractivity contribution in [2.45, 2.75) is 57.7 Å². The van der Waals surface area contributed by atoms with Gasteiger partial charge >= 0.3 is 5.97 Å². The van der Waals surface area contributed by atoms with E-state index in [1.54, 1.807) is 0 Å². The van der Waals surface area contributed by atoms with Gasteiger partial charge in [-0.2, -0.15) is 0 Å². The number of nitrogens with one attached hydrogen (secondary N) is 2. The lowest BCUT2D eigenvalue weighted by Gasteiger charge is -2.27. The van der Waals surface area contributed by atoms with Crippen molar-refractivity contribution in [3.05, 3.63) is 24.3 Å². The molecular weight excluding hydrogens is 332 g/mol. The number of carbonyl (C=O) groups excluding carboxylic acids is 1. The van der Waals surface area contributed by atoms with Gasteiger partial charge in [-0.15, -0.1) is 0 Å². The zero-order valence-corrected chi connectivity index (χ0v) is 15.7. The molecule has 0 aromatic rings. The van der Waals surface area contributed by atoms with E-state index in [-0.39, 0.29) is 18.4 Å². The Balaban J connectivity index is 1.71. The van der Waals surface area contributed by atoms with Crippen LogP contribution in [0.25, 0.3) is 0 Å². The molecule has 0 aromatic heterocycles. The molecule has 2 heterocycles. The Labute approximate surface area is 156 Å². The lowest BCUT2D eigenvalue weighted by atomic mass is 9.77. The van der Waals surface area contributed by atoms with Crippen LogP contribution in [0, 0.1) is 11.8 Å². The van der Waals surface area contributed by atoms with Crippen LogP contribution in [0.4, 0.5) is 0 Å². The topological polar surface area (TPSA) is 87.7 Å². The molecule has 2 bridgehead atoms. The molecule has 6 nitrogen and oxygen atoms in total. The highest BCUT2D eigenvalue weighted by atomic mass is 16.5. The molecule has 2 saturated heterocycles. The van der Waals surface area contributed by atoms with Crippen LogP contribution < -0.4 is 10.6 Å². The Kier molecular flexibility index (Phi) is 8.85. The van der Waals surface area contributed by atoms with Crippen LogP contribution in [0.2, 0.25) is 0 Å². The van der Waals surface area contributed by atoms with Gasteiger partial charge in [0.15, 0.2) is 0 Å². The van der Waals surface area contributed by atoms with E-state index in [4.69, 9.17) is 9.84 Å². The smallest absolute Gasteiger partial charge is 0.303 e. The second-order valence-corrected chi connectivity index (χ2v) is 7.12. The number of hydrogen-bond acceptors (Lipinski definition) is 4. The third-order valence-corrected chi connectivity index (χ3v) is 5.25. The maximum atomic E-state index is 12.0. The second-order valence-electron chi connectivity index (χ2n) is 7.12. The number of hydrogen-bond donors (Lipinski definition) is 3. The van der Waals surface area contributed by atoms with E-state index in [1.807, 2.05) is 19.1 Å². The predicted octanol–water partition coefficient (Wildman–Crippen LogP) is 2.26. The van der Waals surface area contributed by atoms with E-state index in [1.165, 1.54) is 0 Å². The van der Waals surface area contributed by atoms with E-state index in [0.29, 0.717) is 44.0 Å². The van der Waals surface area contributed by atoms with E-state index in [2.05, 4.69) is 22.8 Å². The molecule has 0 aliphatic carbocycles. The van der Waals surface area contributed by atoms with Gasteiger partial charge in [-0.1, -0.05) is 24.3 Å². The number of allylic oxidation sites excluding steroid dienone is 3. The van der Waals surface area contributed by atoms with Crippen LogP contribution in [0.15, 0.2) is 24.3 Å². The van der Waals surface area contributed by atoms with E-state index >= 15 is 0 Å². The van der Waals surface area contributed by atoms with Gasteiger partial charge in [-0.25, -0.2) is 0 Å². The second kappa shape index (κ2) is 11.1. The number of aliphatic carboxylic acids is 1. The molecule has 0 saturated carbocycles. The number of rotatable bonds is 12. The molecule has 2 fully saturated rings. The van der Waals surface area contributed by atoms with Crippen LogP contribution in [0.3, 0.4) is 0 Å². The molecule has 3 N–H and O–H groups in total. The lowest BCUT2D eigenvalue weighted by molar-refractivity contribution is -0.137. The maximum Gasteiger partial charge on any atom is 0.303 e. The molecule has 2 rings (SSSR count). The highest BCUT2D eigenvalue weighted by Crippen LogP contribution is 2.44. The standard InChI is InChI=1S/C20H32N2O4/c1-2-3-12-21-14-19(23)22-13-16-15(17-10-11-18(16)26-17)8-6-4-5-7-9-20(24)25/h2-4,6,15-18,21H,5,7-14H2,1H3,(H,22,23)(H,24,25)/t15-,16+,17-,18+/m1/s1. The molecule has 6 heteroatoms. The average molecular weight is 364 g/mol. The summed E-state index contributed by atoms with van der Waals surface area (Å²) in [6.07, 6.45) is 13.6. The number of ether oxygens (including phenoxy) is 1. The van der Waals surface area contributed by atoms with Gasteiger partial charge in [0.2, 0.25) is 5.91 Å². The SMILES string of the molecule is CC=CCNCC(=O)NC[C@H]1[C@@H](CC=CCCCC(=O)O)[C@H]2CC[C@@H]1O2. The van der Waals surface area contributed by atoms with Crippen molar-refractivity contribution in [2.75, 3.05) is 19.6 Å². The van der Waals surface area contributed by atoms with E-state index in [9.17, 15) is 9.59 Å². The summed E-state index contributed by atoms with van der Waals surface area (Å²) in [6.45, 7) is 3.66. The Morgan fingerprint density at radius 3 is 2.65 bits per heavy atom. The summed E-state index contributed by atoms with van der Waals surface area (Å²) < 4.78 is 6.06. The third kappa shape index (κ3) is 6.57. The van der Waals surface area contributed by atoms with E-state index in [0.717, 1.165) is 25.7 Å². The number of carbonyl (C=O) groups is 2. The van der Waals surface area contributed by atoms with Gasteiger partial charge in [0, 0.05) is 25.4 Å². The van der Waals surface area contributed by atoms with Crippen LogP contribution in [-0.4, -0.2) is 48.8 Å². The number of carboxylic acids is 1. The Bertz CT molecular complexity index is 518. The van der Waals surface area contributed by atoms with Crippen LogP contribution >= 0.6 is 0 Å². The molecule has 146 valence electrons. The fraction of sp³-hybridized carbons (Fsp3) is 0.700. The zero-order chi connectivity index (χ0) is 18.8. The van der Waals surface area contributed by atoms with Crippen molar-refractivity contribution in [1.29, 1.82) is 0 Å². The first kappa shape index (κ1) is 20.6. The van der Waals surface area contributed by atoms with Crippen LogP contribution in [0.1, 0.15) is 45.4 Å². The van der Waals surface area contributed by atoms with Crippen molar-refractivity contribution in [2.24, 2.45) is 11.8 Å². The molecule has 0 radical (unpaired) electrons. The summed E-state index contributed by atoms with van der Waals surface area (Å²) in [4.78, 5) is 22.5. The minimum Gasteiger partial charge on any atom is -0.481 e. The molecule has 26 heavy (non-hydrogen) atoms. The molecule has 0 aromatic carbocycles. The minimum absolute atomic E-state index is 0.0280. The first-order valence-electron chi connectivity index (χ1n) is 9.72. The summed E-state index contributed by atoms with van der Waals surface area (Å²) in [5, 5.41) is 14.8.